The normalized spacial score (nSPS) is 37.3. The second-order valence-corrected chi connectivity index (χ2v) is 11.2. The lowest BCUT2D eigenvalue weighted by atomic mass is 9.52. The average molecular weight is 449 g/mol. The number of carbonyl (C=O) groups excluding carboxylic acids is 1. The third-order valence-corrected chi connectivity index (χ3v) is 8.83. The van der Waals surface area contributed by atoms with Crippen LogP contribution in [-0.2, 0) is 11.8 Å². The largest absolute Gasteiger partial charge is 0.390 e. The summed E-state index contributed by atoms with van der Waals surface area (Å²) in [5.41, 5.74) is -0.161. The highest BCUT2D eigenvalue weighted by atomic mass is 35.5. The number of carbonyl (C=O) groups is 1. The number of aromatic nitrogens is 2. The molecule has 1 saturated heterocycles. The summed E-state index contributed by atoms with van der Waals surface area (Å²) >= 11 is 6.84. The number of nitrogens with one attached hydrogen (secondary N) is 1. The van der Waals surface area contributed by atoms with Gasteiger partial charge in [0.1, 0.15) is 10.8 Å². The molecule has 0 aromatic carbocycles. The number of hydrogen-bond donors (Lipinski definition) is 2. The van der Waals surface area contributed by atoms with Crippen LogP contribution in [0.25, 0.3) is 0 Å². The van der Waals surface area contributed by atoms with E-state index in [1.807, 2.05) is 7.05 Å². The van der Waals surface area contributed by atoms with Gasteiger partial charge in [0.05, 0.1) is 5.60 Å². The van der Waals surface area contributed by atoms with Gasteiger partial charge < -0.3 is 20.1 Å². The van der Waals surface area contributed by atoms with E-state index in [9.17, 15) is 9.90 Å². The van der Waals surface area contributed by atoms with Crippen molar-refractivity contribution in [1.82, 2.24) is 15.1 Å². The quantitative estimate of drug-likeness (QED) is 0.724. The van der Waals surface area contributed by atoms with Crippen LogP contribution in [0.2, 0.25) is 5.02 Å². The fraction of sp³-hybridized carbons (Fsp3) is 0.826. The minimum absolute atomic E-state index is 0.126. The topological polar surface area (TPSA) is 79.6 Å². The van der Waals surface area contributed by atoms with Crippen molar-refractivity contribution in [3.05, 3.63) is 10.7 Å². The van der Waals surface area contributed by atoms with Gasteiger partial charge in [-0.3, -0.25) is 9.48 Å². The number of anilines is 1. The summed E-state index contributed by atoms with van der Waals surface area (Å²) in [5.74, 6) is 2.06. The molecule has 5 aliphatic carbocycles. The summed E-state index contributed by atoms with van der Waals surface area (Å²) in [6.07, 6.45) is 9.08. The fourth-order valence-corrected chi connectivity index (χ4v) is 7.66. The highest BCUT2D eigenvalue weighted by Crippen LogP contribution is 2.55. The van der Waals surface area contributed by atoms with Crippen LogP contribution in [0.3, 0.4) is 0 Å². The molecule has 1 amide bonds. The van der Waals surface area contributed by atoms with Crippen molar-refractivity contribution < 1.29 is 14.6 Å². The number of rotatable bonds is 5. The van der Waals surface area contributed by atoms with E-state index < -0.39 is 5.60 Å². The van der Waals surface area contributed by atoms with E-state index in [4.69, 9.17) is 16.3 Å². The Balaban J connectivity index is 1.24. The maximum atomic E-state index is 13.3. The van der Waals surface area contributed by atoms with E-state index in [1.54, 1.807) is 4.68 Å². The zero-order valence-electron chi connectivity index (χ0n) is 18.2. The molecule has 4 bridgehead atoms. The third kappa shape index (κ3) is 3.47. The standard InChI is InChI=1S/C23H33ClN4O3/c1-27-22(28(16-2-3-16)17-4-6-31-7-5-17)18(24)20(26-27)21(29)25-19-14-8-13-9-15(19)12-23(30,10-13)11-14/h13-17,19,30H,2-12H2,1H3,(H,25,29). The molecule has 2 atom stereocenters. The minimum atomic E-state index is -0.498. The van der Waals surface area contributed by atoms with Crippen LogP contribution in [0.4, 0.5) is 5.82 Å². The van der Waals surface area contributed by atoms with Gasteiger partial charge >= 0.3 is 0 Å². The van der Waals surface area contributed by atoms with Crippen LogP contribution >= 0.6 is 11.6 Å². The Morgan fingerprint density at radius 3 is 2.42 bits per heavy atom. The predicted octanol–water partition coefficient (Wildman–Crippen LogP) is 2.89. The van der Waals surface area contributed by atoms with Crippen molar-refractivity contribution in [1.29, 1.82) is 0 Å². The first-order valence-corrected chi connectivity index (χ1v) is 12.4. The maximum Gasteiger partial charge on any atom is 0.273 e. The van der Waals surface area contributed by atoms with Gasteiger partial charge in [-0.25, -0.2) is 0 Å². The highest BCUT2D eigenvalue weighted by Gasteiger charge is 2.55. The second-order valence-electron chi connectivity index (χ2n) is 10.8. The molecule has 170 valence electrons. The second kappa shape index (κ2) is 7.35. The van der Waals surface area contributed by atoms with Crippen LogP contribution in [-0.4, -0.2) is 57.7 Å². The first-order valence-electron chi connectivity index (χ1n) is 12.0. The molecule has 2 heterocycles. The summed E-state index contributed by atoms with van der Waals surface area (Å²) in [6.45, 7) is 1.54. The molecule has 7 nitrogen and oxygen atoms in total. The zero-order valence-corrected chi connectivity index (χ0v) is 19.0. The molecule has 8 heteroatoms. The van der Waals surface area contributed by atoms with Crippen LogP contribution in [0, 0.1) is 17.8 Å². The predicted molar refractivity (Wildman–Crippen MR) is 117 cm³/mol. The van der Waals surface area contributed by atoms with Crippen molar-refractivity contribution >= 4 is 23.3 Å². The molecule has 31 heavy (non-hydrogen) atoms. The van der Waals surface area contributed by atoms with E-state index in [0.717, 1.165) is 76.8 Å². The van der Waals surface area contributed by atoms with Gasteiger partial charge in [-0.15, -0.1) is 0 Å². The SMILES string of the molecule is Cn1nc(C(=O)NC2C3CC4CC2CC(O)(C4)C3)c(Cl)c1N(C1CCOCC1)C1CC1. The fourth-order valence-electron chi connectivity index (χ4n) is 7.31. The molecule has 1 aromatic rings. The third-order valence-electron chi connectivity index (χ3n) is 8.48. The smallest absolute Gasteiger partial charge is 0.273 e. The van der Waals surface area contributed by atoms with Gasteiger partial charge in [0.15, 0.2) is 5.69 Å². The molecule has 6 aliphatic rings. The Kier molecular flexibility index (Phi) is 4.82. The number of aryl methyl sites for hydroxylation is 1. The Labute approximate surface area is 188 Å². The van der Waals surface area contributed by atoms with E-state index in [1.165, 1.54) is 0 Å². The number of halogens is 1. The molecular formula is C23H33ClN4O3. The van der Waals surface area contributed by atoms with Gasteiger partial charge in [0.2, 0.25) is 0 Å². The summed E-state index contributed by atoms with van der Waals surface area (Å²) < 4.78 is 7.36. The molecule has 7 rings (SSSR count). The highest BCUT2D eigenvalue weighted by molar-refractivity contribution is 6.36. The van der Waals surface area contributed by atoms with Crippen LogP contribution in [0.1, 0.15) is 68.3 Å². The first-order chi connectivity index (χ1) is 14.9. The van der Waals surface area contributed by atoms with Crippen molar-refractivity contribution in [2.75, 3.05) is 18.1 Å². The number of ether oxygens (including phenoxy) is 1. The van der Waals surface area contributed by atoms with Gasteiger partial charge in [0.25, 0.3) is 5.91 Å². The Hall–Kier alpha value is -1.31. The van der Waals surface area contributed by atoms with Gasteiger partial charge in [-0.05, 0) is 75.5 Å². The molecule has 6 fully saturated rings. The number of aliphatic hydroxyl groups is 1. The lowest BCUT2D eigenvalue weighted by molar-refractivity contribution is -0.136. The Morgan fingerprint density at radius 1 is 1.16 bits per heavy atom. The van der Waals surface area contributed by atoms with Crippen LogP contribution in [0.15, 0.2) is 0 Å². The van der Waals surface area contributed by atoms with Gasteiger partial charge in [-0.2, -0.15) is 5.10 Å². The molecule has 5 saturated carbocycles. The summed E-state index contributed by atoms with van der Waals surface area (Å²) in [7, 11) is 1.89. The lowest BCUT2D eigenvalue weighted by Crippen LogP contribution is -2.61. The van der Waals surface area contributed by atoms with Gasteiger partial charge in [-0.1, -0.05) is 11.6 Å². The lowest BCUT2D eigenvalue weighted by Gasteiger charge is -2.58. The summed E-state index contributed by atoms with van der Waals surface area (Å²) in [6, 6.07) is 0.994. The van der Waals surface area contributed by atoms with Crippen LogP contribution in [0.5, 0.6) is 0 Å². The van der Waals surface area contributed by atoms with E-state index in [2.05, 4.69) is 15.3 Å². The van der Waals surface area contributed by atoms with Gasteiger partial charge in [0, 0.05) is 38.4 Å². The van der Waals surface area contributed by atoms with Crippen molar-refractivity contribution in [3.63, 3.8) is 0 Å². The number of amides is 1. The van der Waals surface area contributed by atoms with Crippen molar-refractivity contribution in [3.8, 4) is 0 Å². The van der Waals surface area contributed by atoms with Crippen molar-refractivity contribution in [2.45, 2.75) is 81.5 Å². The van der Waals surface area contributed by atoms with E-state index >= 15 is 0 Å². The zero-order chi connectivity index (χ0) is 21.3. The molecule has 1 aromatic heterocycles. The molecular weight excluding hydrogens is 416 g/mol. The summed E-state index contributed by atoms with van der Waals surface area (Å²) in [5, 5.41) is 19.2. The van der Waals surface area contributed by atoms with Crippen LogP contribution < -0.4 is 10.2 Å². The monoisotopic (exact) mass is 448 g/mol. The molecule has 1 aliphatic heterocycles. The Bertz CT molecular complexity index is 862. The Morgan fingerprint density at radius 2 is 1.81 bits per heavy atom. The van der Waals surface area contributed by atoms with E-state index in [-0.39, 0.29) is 11.9 Å². The number of hydrogen-bond acceptors (Lipinski definition) is 5. The molecule has 2 unspecified atom stereocenters. The number of nitrogens with zero attached hydrogens (tertiary/aromatic N) is 3. The molecule has 2 N–H and O–H groups in total. The van der Waals surface area contributed by atoms with E-state index in [0.29, 0.717) is 40.6 Å². The maximum absolute atomic E-state index is 13.3. The molecule has 0 radical (unpaired) electrons. The minimum Gasteiger partial charge on any atom is -0.390 e. The first kappa shape index (κ1) is 20.3. The molecule has 0 spiro atoms. The average Bonchev–Trinajstić information content (AvgIpc) is 3.51. The summed E-state index contributed by atoms with van der Waals surface area (Å²) in [4.78, 5) is 15.7. The van der Waals surface area contributed by atoms with Crippen molar-refractivity contribution in [2.24, 2.45) is 24.8 Å².